The molecule has 0 aliphatic heterocycles. The van der Waals surface area contributed by atoms with Gasteiger partial charge in [-0.1, -0.05) is 222 Å². The Morgan fingerprint density at radius 1 is 0.275 bits per heavy atom. The lowest BCUT2D eigenvalue weighted by Gasteiger charge is -2.46. The van der Waals surface area contributed by atoms with Gasteiger partial charge in [0.1, 0.15) is 0 Å². The van der Waals surface area contributed by atoms with Crippen LogP contribution in [0.2, 0.25) is 0 Å². The highest BCUT2D eigenvalue weighted by molar-refractivity contribution is 5.96. The summed E-state index contributed by atoms with van der Waals surface area (Å²) in [5.74, 6) is 0. The topological polar surface area (TPSA) is 3.24 Å². The van der Waals surface area contributed by atoms with E-state index in [1.807, 2.05) is 0 Å². The van der Waals surface area contributed by atoms with Crippen molar-refractivity contribution in [1.82, 2.24) is 0 Å². The minimum absolute atomic E-state index is 0.174. The summed E-state index contributed by atoms with van der Waals surface area (Å²) in [4.78, 5) is 2.58. The first kappa shape index (κ1) is 41.2. The van der Waals surface area contributed by atoms with E-state index < -0.39 is 5.41 Å². The smallest absolute Gasteiger partial charge is 0.0720 e. The van der Waals surface area contributed by atoms with E-state index in [9.17, 15) is 0 Å². The SMILES string of the molecule is Cc1cc(-c2ccc(-c3ccccc3)cc2)cc(-c2ccccc2)c1N(c1ccc2c(c1)C(C)(C)c1ccccc1-2)c1ccc2c(c1)C1(c3ccccc3-2)c2ccccc2C(C)(C)c2ccccc21. The van der Waals surface area contributed by atoms with Gasteiger partial charge in [-0.25, -0.2) is 0 Å². The molecular weight excluding hydrogens is 831 g/mol. The fourth-order valence-corrected chi connectivity index (χ4v) is 12.8. The van der Waals surface area contributed by atoms with Crippen LogP contribution in [0.1, 0.15) is 77.8 Å². The zero-order valence-electron chi connectivity index (χ0n) is 39.9. The summed E-state index contributed by atoms with van der Waals surface area (Å²) in [6, 6.07) is 86.8. The van der Waals surface area contributed by atoms with Crippen molar-refractivity contribution in [3.8, 4) is 55.6 Å². The van der Waals surface area contributed by atoms with Crippen LogP contribution in [-0.4, -0.2) is 0 Å². The van der Waals surface area contributed by atoms with E-state index in [1.165, 1.54) is 111 Å². The first-order chi connectivity index (χ1) is 33.7. The van der Waals surface area contributed by atoms with Gasteiger partial charge >= 0.3 is 0 Å². The predicted molar refractivity (Wildman–Crippen MR) is 289 cm³/mol. The molecular formula is C68H53N. The summed E-state index contributed by atoms with van der Waals surface area (Å²) in [6.45, 7) is 11.9. The van der Waals surface area contributed by atoms with Gasteiger partial charge in [-0.05, 0) is 143 Å². The van der Waals surface area contributed by atoms with Crippen molar-refractivity contribution < 1.29 is 0 Å². The summed E-state index contributed by atoms with van der Waals surface area (Å²) in [7, 11) is 0. The summed E-state index contributed by atoms with van der Waals surface area (Å²) in [5, 5.41) is 0. The lowest BCUT2D eigenvalue weighted by molar-refractivity contribution is 0.563. The predicted octanol–water partition coefficient (Wildman–Crippen LogP) is 17.8. The van der Waals surface area contributed by atoms with E-state index in [4.69, 9.17) is 0 Å². The second-order valence-electron chi connectivity index (χ2n) is 20.5. The van der Waals surface area contributed by atoms with Crippen molar-refractivity contribution >= 4 is 17.1 Å². The Bertz CT molecular complexity index is 3620. The summed E-state index contributed by atoms with van der Waals surface area (Å²) in [5.41, 5.74) is 27.1. The molecule has 10 aromatic carbocycles. The summed E-state index contributed by atoms with van der Waals surface area (Å²) in [6.07, 6.45) is 0. The molecule has 0 radical (unpaired) electrons. The van der Waals surface area contributed by atoms with Crippen molar-refractivity contribution in [2.75, 3.05) is 4.90 Å². The van der Waals surface area contributed by atoms with Gasteiger partial charge < -0.3 is 4.90 Å². The number of hydrogen-bond acceptors (Lipinski definition) is 1. The Hall–Kier alpha value is -8.00. The lowest BCUT2D eigenvalue weighted by atomic mass is 9.55. The van der Waals surface area contributed by atoms with E-state index in [0.717, 1.165) is 11.4 Å². The number of fused-ring (bicyclic) bond motifs is 12. The van der Waals surface area contributed by atoms with Crippen LogP contribution >= 0.6 is 0 Å². The van der Waals surface area contributed by atoms with Gasteiger partial charge in [0.05, 0.1) is 11.1 Å². The Morgan fingerprint density at radius 3 is 1.28 bits per heavy atom. The van der Waals surface area contributed by atoms with Crippen molar-refractivity contribution in [3.05, 3.63) is 281 Å². The van der Waals surface area contributed by atoms with Gasteiger partial charge in [0.2, 0.25) is 0 Å². The molecule has 1 spiro atoms. The number of nitrogens with zero attached hydrogens (tertiary/aromatic N) is 1. The van der Waals surface area contributed by atoms with Gasteiger partial charge in [-0.3, -0.25) is 0 Å². The molecule has 0 heterocycles. The minimum Gasteiger partial charge on any atom is -0.310 e. The molecule has 1 nitrogen and oxygen atoms in total. The van der Waals surface area contributed by atoms with Crippen LogP contribution in [0.25, 0.3) is 55.6 Å². The fourth-order valence-electron chi connectivity index (χ4n) is 12.8. The molecule has 13 rings (SSSR count). The number of hydrogen-bond donors (Lipinski definition) is 0. The maximum Gasteiger partial charge on any atom is 0.0720 e. The molecule has 0 fully saturated rings. The van der Waals surface area contributed by atoms with Gasteiger partial charge in [-0.15, -0.1) is 0 Å². The largest absolute Gasteiger partial charge is 0.310 e. The molecule has 0 amide bonds. The number of aryl methyl sites for hydroxylation is 1. The second kappa shape index (κ2) is 15.3. The number of rotatable bonds is 6. The zero-order chi connectivity index (χ0) is 46.6. The van der Waals surface area contributed by atoms with Gasteiger partial charge in [-0.2, -0.15) is 0 Å². The molecule has 0 N–H and O–H groups in total. The van der Waals surface area contributed by atoms with Crippen molar-refractivity contribution in [1.29, 1.82) is 0 Å². The molecule has 0 bridgehead atoms. The van der Waals surface area contributed by atoms with Crippen LogP contribution in [0.5, 0.6) is 0 Å². The monoisotopic (exact) mass is 883 g/mol. The maximum absolute atomic E-state index is 2.58. The third kappa shape index (κ3) is 5.96. The third-order valence-electron chi connectivity index (χ3n) is 16.1. The van der Waals surface area contributed by atoms with Crippen LogP contribution in [0.4, 0.5) is 17.1 Å². The van der Waals surface area contributed by atoms with E-state index in [2.05, 4.69) is 270 Å². The molecule has 330 valence electrons. The maximum atomic E-state index is 2.58. The first-order valence-corrected chi connectivity index (χ1v) is 24.5. The molecule has 0 atom stereocenters. The van der Waals surface area contributed by atoms with Crippen LogP contribution in [-0.2, 0) is 16.2 Å². The van der Waals surface area contributed by atoms with Crippen LogP contribution in [0, 0.1) is 6.92 Å². The standard InChI is InChI=1S/C68H53N/c1-44-40-49(47-34-32-46(33-35-47)45-20-8-6-9-21-45)41-56(48-22-10-7-11-23-48)65(44)69(50-36-38-54-52-24-12-14-26-57(52)66(2,3)63(54)42-50)51-37-39-55-53-25-13-15-27-58(53)68(64(55)43-51)61-30-18-16-28-59(61)67(4,5)60-29-17-19-31-62(60)68/h6-43H,1-5H3. The Morgan fingerprint density at radius 2 is 0.681 bits per heavy atom. The Balaban J connectivity index is 1.08. The summed E-state index contributed by atoms with van der Waals surface area (Å²) >= 11 is 0. The Labute approximate surface area is 407 Å². The molecule has 3 aliphatic carbocycles. The quantitative estimate of drug-likeness (QED) is 0.161. The van der Waals surface area contributed by atoms with E-state index >= 15 is 0 Å². The van der Waals surface area contributed by atoms with E-state index in [1.54, 1.807) is 0 Å². The highest BCUT2D eigenvalue weighted by Gasteiger charge is 2.53. The highest BCUT2D eigenvalue weighted by Crippen LogP contribution is 2.63. The number of benzene rings is 10. The third-order valence-corrected chi connectivity index (χ3v) is 16.1. The van der Waals surface area contributed by atoms with Gasteiger partial charge in [0, 0.05) is 27.8 Å². The average molecular weight is 884 g/mol. The van der Waals surface area contributed by atoms with Crippen molar-refractivity contribution in [2.45, 2.75) is 50.9 Å². The van der Waals surface area contributed by atoms with E-state index in [0.29, 0.717) is 0 Å². The van der Waals surface area contributed by atoms with Gasteiger partial charge in [0.25, 0.3) is 0 Å². The van der Waals surface area contributed by atoms with Crippen molar-refractivity contribution in [2.24, 2.45) is 0 Å². The molecule has 69 heavy (non-hydrogen) atoms. The van der Waals surface area contributed by atoms with Gasteiger partial charge in [0.15, 0.2) is 0 Å². The molecule has 0 aromatic heterocycles. The minimum atomic E-state index is -0.523. The van der Waals surface area contributed by atoms with Crippen LogP contribution < -0.4 is 4.90 Å². The van der Waals surface area contributed by atoms with E-state index in [-0.39, 0.29) is 10.8 Å². The normalized spacial score (nSPS) is 14.8. The molecule has 0 unspecified atom stereocenters. The molecule has 0 saturated carbocycles. The fraction of sp³-hybridized carbons (Fsp3) is 0.118. The first-order valence-electron chi connectivity index (χ1n) is 24.5. The summed E-state index contributed by atoms with van der Waals surface area (Å²) < 4.78 is 0. The average Bonchev–Trinajstić information content (AvgIpc) is 3.81. The van der Waals surface area contributed by atoms with Crippen molar-refractivity contribution in [3.63, 3.8) is 0 Å². The van der Waals surface area contributed by atoms with Crippen LogP contribution in [0.15, 0.2) is 231 Å². The zero-order valence-corrected chi connectivity index (χ0v) is 39.9. The van der Waals surface area contributed by atoms with Crippen LogP contribution in [0.3, 0.4) is 0 Å². The molecule has 10 aromatic rings. The molecule has 1 heteroatoms. The Kier molecular flexibility index (Phi) is 9.11. The highest BCUT2D eigenvalue weighted by atomic mass is 15.1. The molecule has 3 aliphatic rings. The number of anilines is 3. The second-order valence-corrected chi connectivity index (χ2v) is 20.5. The molecule has 0 saturated heterocycles. The lowest BCUT2D eigenvalue weighted by Crippen LogP contribution is -2.40.